The number of rotatable bonds is 3. The van der Waals surface area contributed by atoms with Crippen LogP contribution < -0.4 is 0 Å². The van der Waals surface area contributed by atoms with Gasteiger partial charge in [-0.3, -0.25) is 9.59 Å². The van der Waals surface area contributed by atoms with Crippen molar-refractivity contribution in [2.45, 2.75) is 24.9 Å². The predicted molar refractivity (Wildman–Crippen MR) is 99.1 cm³/mol. The van der Waals surface area contributed by atoms with Gasteiger partial charge in [-0.05, 0) is 24.5 Å². The number of likely N-dealkylation sites (tertiary alicyclic amines) is 1. The lowest BCUT2D eigenvalue weighted by Crippen LogP contribution is -2.58. The van der Waals surface area contributed by atoms with Crippen molar-refractivity contribution in [3.8, 4) is 0 Å². The zero-order valence-electron chi connectivity index (χ0n) is 15.2. The molecule has 2 aliphatic heterocycles. The summed E-state index contributed by atoms with van der Waals surface area (Å²) in [6, 6.07) is 7.78. The summed E-state index contributed by atoms with van der Waals surface area (Å²) >= 11 is 0. The minimum Gasteiger partial charge on any atom is -0.378 e. The first-order valence-electron chi connectivity index (χ1n) is 9.46. The summed E-state index contributed by atoms with van der Waals surface area (Å²) in [4.78, 5) is 31.7. The summed E-state index contributed by atoms with van der Waals surface area (Å²) in [6.45, 7) is 2.02. The van der Waals surface area contributed by atoms with Crippen LogP contribution in [0.25, 0.3) is 10.9 Å². The minimum absolute atomic E-state index is 0.142. The number of halogens is 1. The first-order chi connectivity index (χ1) is 13.1. The summed E-state index contributed by atoms with van der Waals surface area (Å²) in [5.74, 6) is -0.647. The SMILES string of the molecule is O=C(Cc1c[nH]c2ccccc12)N1CCCC(F)(C(=O)N2CCOCC2)C1. The fourth-order valence-electron chi connectivity index (χ4n) is 4.00. The van der Waals surface area contributed by atoms with Gasteiger partial charge in [-0.2, -0.15) is 0 Å². The standard InChI is InChI=1S/C20H24FN3O3/c21-20(19(26)23-8-10-27-11-9-23)6-3-7-24(14-20)18(25)12-15-13-22-17-5-2-1-4-16(15)17/h1-2,4-5,13,22H,3,6-12,14H2. The molecule has 144 valence electrons. The molecule has 2 saturated heterocycles. The second-order valence-corrected chi connectivity index (χ2v) is 7.33. The Balaban J connectivity index is 1.45. The van der Waals surface area contributed by atoms with Gasteiger partial charge < -0.3 is 19.5 Å². The second-order valence-electron chi connectivity index (χ2n) is 7.33. The summed E-state index contributed by atoms with van der Waals surface area (Å²) in [5, 5.41) is 0.999. The number of ether oxygens (including phenoxy) is 1. The summed E-state index contributed by atoms with van der Waals surface area (Å²) < 4.78 is 20.7. The van der Waals surface area contributed by atoms with E-state index in [0.717, 1.165) is 16.5 Å². The molecule has 0 aliphatic carbocycles. The predicted octanol–water partition coefficient (Wildman–Crippen LogP) is 1.90. The number of nitrogens with one attached hydrogen (secondary N) is 1. The molecule has 7 heteroatoms. The highest BCUT2D eigenvalue weighted by Crippen LogP contribution is 2.29. The van der Waals surface area contributed by atoms with Crippen LogP contribution in [0.4, 0.5) is 4.39 Å². The number of aromatic nitrogens is 1. The molecule has 1 N–H and O–H groups in total. The molecule has 3 heterocycles. The third-order valence-electron chi connectivity index (χ3n) is 5.49. The summed E-state index contributed by atoms with van der Waals surface area (Å²) in [7, 11) is 0. The topological polar surface area (TPSA) is 65.6 Å². The Morgan fingerprint density at radius 2 is 1.93 bits per heavy atom. The Kier molecular flexibility index (Phi) is 4.86. The number of para-hydroxylation sites is 1. The van der Waals surface area contributed by atoms with Gasteiger partial charge in [0.2, 0.25) is 11.6 Å². The Morgan fingerprint density at radius 1 is 1.15 bits per heavy atom. The number of piperidine rings is 1. The number of aromatic amines is 1. The van der Waals surface area contributed by atoms with E-state index >= 15 is 4.39 Å². The highest BCUT2D eigenvalue weighted by atomic mass is 19.1. The number of benzene rings is 1. The number of carbonyl (C=O) groups is 2. The number of fused-ring (bicyclic) bond motifs is 1. The first kappa shape index (κ1) is 18.0. The second kappa shape index (κ2) is 7.31. The molecule has 2 aromatic rings. The molecule has 6 nitrogen and oxygen atoms in total. The van der Waals surface area contributed by atoms with Gasteiger partial charge in [-0.15, -0.1) is 0 Å². The van der Waals surface area contributed by atoms with Crippen LogP contribution in [-0.2, 0) is 20.7 Å². The Labute approximate surface area is 157 Å². The van der Waals surface area contributed by atoms with Gasteiger partial charge >= 0.3 is 0 Å². The number of H-pyrrole nitrogens is 1. The highest BCUT2D eigenvalue weighted by molar-refractivity contribution is 5.90. The third kappa shape index (κ3) is 3.56. The van der Waals surface area contributed by atoms with Crippen LogP contribution >= 0.6 is 0 Å². The lowest BCUT2D eigenvalue weighted by molar-refractivity contribution is -0.154. The van der Waals surface area contributed by atoms with E-state index < -0.39 is 11.6 Å². The number of alkyl halides is 1. The van der Waals surface area contributed by atoms with E-state index in [1.54, 1.807) is 0 Å². The van der Waals surface area contributed by atoms with Crippen molar-refractivity contribution in [1.29, 1.82) is 0 Å². The molecule has 0 saturated carbocycles. The van der Waals surface area contributed by atoms with Gasteiger partial charge in [0.05, 0.1) is 26.2 Å². The molecule has 4 rings (SSSR count). The molecular formula is C20H24FN3O3. The lowest BCUT2D eigenvalue weighted by atomic mass is 9.92. The monoisotopic (exact) mass is 373 g/mol. The largest absolute Gasteiger partial charge is 0.378 e. The van der Waals surface area contributed by atoms with Crippen LogP contribution in [0.15, 0.2) is 30.5 Å². The molecule has 0 radical (unpaired) electrons. The van der Waals surface area contributed by atoms with Crippen LogP contribution in [0.1, 0.15) is 18.4 Å². The van der Waals surface area contributed by atoms with Crippen LogP contribution in [0.3, 0.4) is 0 Å². The Morgan fingerprint density at radius 3 is 2.74 bits per heavy atom. The van der Waals surface area contributed by atoms with E-state index in [0.29, 0.717) is 39.3 Å². The van der Waals surface area contributed by atoms with E-state index in [2.05, 4.69) is 4.98 Å². The normalized spacial score (nSPS) is 23.6. The van der Waals surface area contributed by atoms with Crippen LogP contribution in [0.2, 0.25) is 0 Å². The van der Waals surface area contributed by atoms with Gasteiger partial charge in [0.1, 0.15) is 0 Å². The number of hydrogen-bond donors (Lipinski definition) is 1. The third-order valence-corrected chi connectivity index (χ3v) is 5.49. The van der Waals surface area contributed by atoms with Gasteiger partial charge in [0.25, 0.3) is 5.91 Å². The quantitative estimate of drug-likeness (QED) is 0.894. The number of carbonyl (C=O) groups excluding carboxylic acids is 2. The number of morpholine rings is 1. The van der Waals surface area contributed by atoms with Gasteiger partial charge in [-0.1, -0.05) is 18.2 Å². The zero-order valence-corrected chi connectivity index (χ0v) is 15.2. The molecule has 1 aromatic carbocycles. The maximum absolute atomic E-state index is 15.5. The van der Waals surface area contributed by atoms with Crippen LogP contribution in [0.5, 0.6) is 0 Å². The maximum Gasteiger partial charge on any atom is 0.262 e. The fourth-order valence-corrected chi connectivity index (χ4v) is 4.00. The van der Waals surface area contributed by atoms with Crippen molar-refractivity contribution >= 4 is 22.7 Å². The van der Waals surface area contributed by atoms with Crippen molar-refractivity contribution in [3.05, 3.63) is 36.0 Å². The van der Waals surface area contributed by atoms with E-state index in [1.807, 2.05) is 30.5 Å². The molecule has 2 amide bonds. The lowest BCUT2D eigenvalue weighted by Gasteiger charge is -2.40. The molecule has 1 atom stereocenters. The zero-order chi connectivity index (χ0) is 18.9. The molecule has 0 bridgehead atoms. The highest BCUT2D eigenvalue weighted by Gasteiger charge is 2.46. The van der Waals surface area contributed by atoms with Crippen LogP contribution in [-0.4, -0.2) is 71.7 Å². The number of hydrogen-bond acceptors (Lipinski definition) is 3. The van der Waals surface area contributed by atoms with E-state index in [1.165, 1.54) is 9.80 Å². The van der Waals surface area contributed by atoms with E-state index in [4.69, 9.17) is 4.74 Å². The van der Waals surface area contributed by atoms with E-state index in [-0.39, 0.29) is 25.3 Å². The summed E-state index contributed by atoms with van der Waals surface area (Å²) in [6.07, 6.45) is 2.69. The van der Waals surface area contributed by atoms with Gasteiger partial charge in [-0.25, -0.2) is 4.39 Å². The van der Waals surface area contributed by atoms with Crippen molar-refractivity contribution in [2.75, 3.05) is 39.4 Å². The van der Waals surface area contributed by atoms with Crippen molar-refractivity contribution < 1.29 is 18.7 Å². The molecular weight excluding hydrogens is 349 g/mol. The number of amides is 2. The first-order valence-corrected chi connectivity index (χ1v) is 9.46. The Bertz CT molecular complexity index is 846. The molecule has 2 aliphatic rings. The van der Waals surface area contributed by atoms with Gasteiger partial charge in [0.15, 0.2) is 0 Å². The minimum atomic E-state index is -1.99. The van der Waals surface area contributed by atoms with E-state index in [9.17, 15) is 9.59 Å². The average molecular weight is 373 g/mol. The van der Waals surface area contributed by atoms with Crippen LogP contribution in [0, 0.1) is 0 Å². The Hall–Kier alpha value is -2.41. The maximum atomic E-state index is 15.5. The number of nitrogens with zero attached hydrogens (tertiary/aromatic N) is 2. The van der Waals surface area contributed by atoms with Crippen molar-refractivity contribution in [1.82, 2.24) is 14.8 Å². The molecule has 0 spiro atoms. The molecule has 1 unspecified atom stereocenters. The molecule has 27 heavy (non-hydrogen) atoms. The summed E-state index contributed by atoms with van der Waals surface area (Å²) in [5.41, 5.74) is -0.128. The smallest absolute Gasteiger partial charge is 0.262 e. The molecule has 1 aromatic heterocycles. The average Bonchev–Trinajstić information content (AvgIpc) is 3.11. The van der Waals surface area contributed by atoms with Gasteiger partial charge in [0, 0.05) is 36.7 Å². The van der Waals surface area contributed by atoms with Crippen molar-refractivity contribution in [2.24, 2.45) is 0 Å². The fraction of sp³-hybridized carbons (Fsp3) is 0.500. The molecule has 2 fully saturated rings. The van der Waals surface area contributed by atoms with Crippen molar-refractivity contribution in [3.63, 3.8) is 0 Å².